The Kier molecular flexibility index (Phi) is 16.9. The van der Waals surface area contributed by atoms with Gasteiger partial charge in [0.25, 0.3) is 0 Å². The number of halogens is 11. The van der Waals surface area contributed by atoms with E-state index >= 15 is 0 Å². The molecule has 0 aliphatic carbocycles. The van der Waals surface area contributed by atoms with Gasteiger partial charge >= 0.3 is 12.4 Å². The summed E-state index contributed by atoms with van der Waals surface area (Å²) in [7, 11) is 0. The van der Waals surface area contributed by atoms with Gasteiger partial charge in [-0.15, -0.1) is 46.4 Å². The van der Waals surface area contributed by atoms with Crippen LogP contribution in [0, 0.1) is 0 Å². The summed E-state index contributed by atoms with van der Waals surface area (Å²) in [5.41, 5.74) is -3.49. The second kappa shape index (κ2) is 17.2. The van der Waals surface area contributed by atoms with Crippen molar-refractivity contribution in [2.24, 2.45) is 0 Å². The van der Waals surface area contributed by atoms with Gasteiger partial charge in [-0.3, -0.25) is 9.59 Å². The Balaban J connectivity index is 0.00000150. The number of rotatable bonds is 7. The third-order valence-electron chi connectivity index (χ3n) is 5.14. The van der Waals surface area contributed by atoms with Crippen LogP contribution in [0.2, 0.25) is 0 Å². The minimum absolute atomic E-state index is 0.0714. The number of hydrogen-bond acceptors (Lipinski definition) is 4. The summed E-state index contributed by atoms with van der Waals surface area (Å²) in [5.74, 6) is -0.533. The van der Waals surface area contributed by atoms with E-state index in [4.69, 9.17) is 62.7 Å². The molecule has 16 heteroatoms. The highest BCUT2D eigenvalue weighted by Crippen LogP contribution is 2.38. The summed E-state index contributed by atoms with van der Waals surface area (Å²) in [5, 5.41) is 5.65. The molecular weight excluding hydrogens is 632 g/mol. The van der Waals surface area contributed by atoms with E-state index in [0.717, 1.165) is 0 Å². The van der Waals surface area contributed by atoms with Crippen molar-refractivity contribution in [2.75, 3.05) is 30.3 Å². The molecule has 5 nitrogen and oxygen atoms in total. The van der Waals surface area contributed by atoms with E-state index in [-0.39, 0.29) is 47.3 Å². The second-order valence-corrected chi connectivity index (χ2v) is 10.0. The Morgan fingerprint density at radius 2 is 1.53 bits per heavy atom. The Labute approximate surface area is 241 Å². The monoisotopic (exact) mass is 656 g/mol. The minimum Gasteiger partial charge on any atom is -0.372 e. The van der Waals surface area contributed by atoms with E-state index in [2.05, 4.69) is 10.6 Å². The molecule has 0 saturated carbocycles. The van der Waals surface area contributed by atoms with Gasteiger partial charge in [0.2, 0.25) is 11.1 Å². The van der Waals surface area contributed by atoms with E-state index < -0.39 is 40.4 Å². The summed E-state index contributed by atoms with van der Waals surface area (Å²) in [6.45, 7) is 3.76. The first-order valence-electron chi connectivity index (χ1n) is 10.8. The first-order valence-corrected chi connectivity index (χ1v) is 13.3. The molecule has 0 radical (unpaired) electrons. The van der Waals surface area contributed by atoms with Crippen LogP contribution in [0.25, 0.3) is 0 Å². The van der Waals surface area contributed by atoms with Gasteiger partial charge in [-0.05, 0) is 62.1 Å². The molecule has 2 rings (SSSR count). The molecule has 1 aliphatic heterocycles. The zero-order valence-electron chi connectivity index (χ0n) is 20.2. The van der Waals surface area contributed by atoms with Gasteiger partial charge in [0.1, 0.15) is 5.88 Å². The standard InChI is InChI=1S/C19H23ClF6N2O2.C2H2Cl2O.CH2Cl2/c1-11(12-5-13(18(21,22)23)7-14(6-12)19(24,25)26)30-10-17(2)4-3-15(9-27-17)28-16(29)8-20;3-1-2(4)5;2-1-3/h5-7,11,15,27H,3-4,8-10H2,1-2H3,(H,28,29);1H2;1H2/t11-,15+,17-;;/m1../s1. The van der Waals surface area contributed by atoms with Gasteiger partial charge in [-0.2, -0.15) is 26.3 Å². The fourth-order valence-electron chi connectivity index (χ4n) is 3.18. The van der Waals surface area contributed by atoms with Gasteiger partial charge in [-0.1, -0.05) is 0 Å². The molecule has 1 heterocycles. The van der Waals surface area contributed by atoms with Crippen molar-refractivity contribution in [1.82, 2.24) is 10.6 Å². The number of carbonyl (C=O) groups is 2. The molecular formula is C22H27Cl5F6N2O3. The van der Waals surface area contributed by atoms with Gasteiger partial charge < -0.3 is 15.4 Å². The number of hydrogen-bond donors (Lipinski definition) is 2. The zero-order valence-corrected chi connectivity index (χ0v) is 24.0. The summed E-state index contributed by atoms with van der Waals surface area (Å²) >= 11 is 24.5. The van der Waals surface area contributed by atoms with E-state index in [1.54, 1.807) is 0 Å². The number of benzene rings is 1. The van der Waals surface area contributed by atoms with Crippen LogP contribution in [0.3, 0.4) is 0 Å². The van der Waals surface area contributed by atoms with Crippen LogP contribution >= 0.6 is 58.0 Å². The molecule has 0 spiro atoms. The van der Waals surface area contributed by atoms with Crippen LogP contribution in [-0.4, -0.2) is 53.0 Å². The van der Waals surface area contributed by atoms with Gasteiger partial charge in [0, 0.05) is 18.1 Å². The molecule has 220 valence electrons. The average Bonchev–Trinajstić information content (AvgIpc) is 2.83. The molecule has 0 aromatic heterocycles. The molecule has 2 N–H and O–H groups in total. The van der Waals surface area contributed by atoms with Crippen LogP contribution in [0.15, 0.2) is 18.2 Å². The van der Waals surface area contributed by atoms with E-state index in [9.17, 15) is 35.9 Å². The maximum absolute atomic E-state index is 13.0. The zero-order chi connectivity index (χ0) is 29.7. The summed E-state index contributed by atoms with van der Waals surface area (Å²) in [6.07, 6.45) is -9.58. The maximum atomic E-state index is 13.0. The van der Waals surface area contributed by atoms with Crippen molar-refractivity contribution < 1.29 is 40.7 Å². The number of piperidine rings is 1. The lowest BCUT2D eigenvalue weighted by molar-refractivity contribution is -0.143. The quantitative estimate of drug-likeness (QED) is 0.187. The molecule has 0 unspecified atom stereocenters. The number of amides is 1. The fourth-order valence-corrected chi connectivity index (χ4v) is 3.26. The molecule has 3 atom stereocenters. The van der Waals surface area contributed by atoms with Crippen LogP contribution < -0.4 is 10.6 Å². The Morgan fingerprint density at radius 1 is 1.05 bits per heavy atom. The molecule has 1 saturated heterocycles. The maximum Gasteiger partial charge on any atom is 0.416 e. The Bertz CT molecular complexity index is 850. The van der Waals surface area contributed by atoms with Crippen molar-refractivity contribution in [3.8, 4) is 0 Å². The van der Waals surface area contributed by atoms with Gasteiger partial charge in [0.15, 0.2) is 0 Å². The summed E-state index contributed by atoms with van der Waals surface area (Å²) in [4.78, 5) is 20.8. The molecule has 0 bridgehead atoms. The highest BCUT2D eigenvalue weighted by atomic mass is 35.5. The fraction of sp³-hybridized carbons (Fsp3) is 0.636. The van der Waals surface area contributed by atoms with Crippen molar-refractivity contribution in [3.63, 3.8) is 0 Å². The normalized spacial score (nSPS) is 20.3. The van der Waals surface area contributed by atoms with Gasteiger partial charge in [0.05, 0.1) is 35.1 Å². The topological polar surface area (TPSA) is 67.4 Å². The third-order valence-corrected chi connectivity index (χ3v) is 5.90. The molecule has 1 aromatic rings. The summed E-state index contributed by atoms with van der Waals surface area (Å²) < 4.78 is 83.8. The van der Waals surface area contributed by atoms with E-state index in [1.807, 2.05) is 6.92 Å². The highest BCUT2D eigenvalue weighted by Gasteiger charge is 2.38. The third kappa shape index (κ3) is 14.6. The molecule has 1 amide bonds. The van der Waals surface area contributed by atoms with Crippen LogP contribution in [0.4, 0.5) is 26.3 Å². The minimum atomic E-state index is -4.91. The Morgan fingerprint density at radius 3 is 1.87 bits per heavy atom. The van der Waals surface area contributed by atoms with E-state index in [0.29, 0.717) is 31.5 Å². The van der Waals surface area contributed by atoms with Crippen LogP contribution in [-0.2, 0) is 26.7 Å². The molecule has 1 fully saturated rings. The number of ether oxygens (including phenoxy) is 1. The van der Waals surface area contributed by atoms with Crippen LogP contribution in [0.1, 0.15) is 49.5 Å². The highest BCUT2D eigenvalue weighted by molar-refractivity contribution is 6.67. The van der Waals surface area contributed by atoms with E-state index in [1.165, 1.54) is 6.92 Å². The smallest absolute Gasteiger partial charge is 0.372 e. The molecule has 1 aromatic carbocycles. The van der Waals surface area contributed by atoms with Gasteiger partial charge in [-0.25, -0.2) is 0 Å². The summed E-state index contributed by atoms with van der Waals surface area (Å²) in [6, 6.07) is 1.33. The second-order valence-electron chi connectivity index (χ2n) is 8.26. The SMILES string of the molecule is C[C@@H](OC[C@@]1(C)CC[C@H](NC(=O)CCl)CN1)c1cc(C(F)(F)F)cc(C(F)(F)F)c1.ClCCl.O=C(Cl)CCl. The average molecular weight is 659 g/mol. The van der Waals surface area contributed by atoms with Crippen molar-refractivity contribution >= 4 is 69.2 Å². The van der Waals surface area contributed by atoms with Crippen molar-refractivity contribution in [3.05, 3.63) is 34.9 Å². The van der Waals surface area contributed by atoms with Crippen molar-refractivity contribution in [1.29, 1.82) is 0 Å². The largest absolute Gasteiger partial charge is 0.416 e. The molecule has 38 heavy (non-hydrogen) atoms. The van der Waals surface area contributed by atoms with Crippen molar-refractivity contribution in [2.45, 2.75) is 56.7 Å². The number of nitrogens with one attached hydrogen (secondary N) is 2. The lowest BCUT2D eigenvalue weighted by atomic mass is 9.89. The first kappa shape index (κ1) is 37.3. The van der Waals surface area contributed by atoms with Crippen LogP contribution in [0.5, 0.6) is 0 Å². The predicted molar refractivity (Wildman–Crippen MR) is 137 cm³/mol. The predicted octanol–water partition coefficient (Wildman–Crippen LogP) is 7.08. The number of carbonyl (C=O) groups excluding carboxylic acids is 2. The lowest BCUT2D eigenvalue weighted by Crippen LogP contribution is -2.57. The first-order chi connectivity index (χ1) is 17.4. The number of alkyl halides is 10. The molecule has 1 aliphatic rings. The Hall–Kier alpha value is -0.690. The lowest BCUT2D eigenvalue weighted by Gasteiger charge is -2.39.